The molecule has 3 unspecified atom stereocenters. The molecule has 0 saturated carbocycles. The molecule has 0 spiro atoms. The number of nitroso groups, excluding NO2 is 1. The van der Waals surface area contributed by atoms with Crippen LogP contribution in [-0.4, -0.2) is 43.1 Å². The van der Waals surface area contributed by atoms with E-state index in [4.69, 9.17) is 9.47 Å². The normalized spacial score (nSPS) is 22.1. The maximum atomic E-state index is 11.2. The zero-order chi connectivity index (χ0) is 27.8. The van der Waals surface area contributed by atoms with Crippen molar-refractivity contribution in [3.8, 4) is 0 Å². The van der Waals surface area contributed by atoms with Gasteiger partial charge < -0.3 is 19.7 Å². The van der Waals surface area contributed by atoms with E-state index < -0.39 is 0 Å². The molecule has 218 valence electrons. The van der Waals surface area contributed by atoms with Gasteiger partial charge in [-0.25, -0.2) is 5.43 Å². The van der Waals surface area contributed by atoms with Gasteiger partial charge in [0.05, 0.1) is 17.5 Å². The average molecular weight is 551 g/mol. The molecule has 40 heavy (non-hydrogen) atoms. The number of unbranched alkanes of at least 4 members (excludes halogenated alkanes) is 4. The van der Waals surface area contributed by atoms with E-state index in [0.717, 1.165) is 76.0 Å². The van der Waals surface area contributed by atoms with Gasteiger partial charge in [0, 0.05) is 37.2 Å². The molecule has 2 fully saturated rings. The van der Waals surface area contributed by atoms with E-state index in [1.54, 1.807) is 0 Å². The van der Waals surface area contributed by atoms with Crippen molar-refractivity contribution in [2.75, 3.05) is 31.5 Å². The molecule has 2 N–H and O–H groups in total. The molecule has 8 nitrogen and oxygen atoms in total. The second-order valence-corrected chi connectivity index (χ2v) is 11.1. The van der Waals surface area contributed by atoms with Gasteiger partial charge in [-0.3, -0.25) is 4.79 Å². The predicted molar refractivity (Wildman–Crippen MR) is 159 cm³/mol. The topological polar surface area (TPSA) is 92.3 Å². The molecule has 8 heteroatoms. The van der Waals surface area contributed by atoms with Gasteiger partial charge in [-0.1, -0.05) is 81.0 Å². The average Bonchev–Trinajstić information content (AvgIpc) is 2.96. The first-order chi connectivity index (χ1) is 19.7. The summed E-state index contributed by atoms with van der Waals surface area (Å²) in [5, 5.41) is 5.92. The summed E-state index contributed by atoms with van der Waals surface area (Å²) >= 11 is 0. The molecule has 2 aromatic rings. The number of benzene rings is 2. The summed E-state index contributed by atoms with van der Waals surface area (Å²) < 4.78 is 13.1. The fraction of sp³-hybridized carbons (Fsp3) is 0.594. The molecule has 0 bridgehead atoms. The number of ether oxygens (including phenoxy) is 2. The minimum atomic E-state index is -0.378. The van der Waals surface area contributed by atoms with Crippen molar-refractivity contribution in [1.29, 1.82) is 0 Å². The molecule has 4 rings (SSSR count). The molecule has 2 aromatic carbocycles. The van der Waals surface area contributed by atoms with Gasteiger partial charge >= 0.3 is 0 Å². The predicted octanol–water partition coefficient (Wildman–Crippen LogP) is 7.05. The molecule has 2 aliphatic rings. The lowest BCUT2D eigenvalue weighted by Crippen LogP contribution is -2.40. The number of carbonyl (C=O) groups is 1. The number of hydrogen-bond donors (Lipinski definition) is 2. The van der Waals surface area contributed by atoms with E-state index in [9.17, 15) is 9.70 Å². The number of nitrogens with one attached hydrogen (secondary N) is 2. The number of likely N-dealkylation sites (tertiary alicyclic amines) is 1. The Hall–Kier alpha value is -2.81. The Morgan fingerprint density at radius 2 is 1.52 bits per heavy atom. The second kappa shape index (κ2) is 17.1. The van der Waals surface area contributed by atoms with Crippen LogP contribution in [0.3, 0.4) is 0 Å². The van der Waals surface area contributed by atoms with Crippen LogP contribution >= 0.6 is 0 Å². The number of anilines is 1. The lowest BCUT2D eigenvalue weighted by atomic mass is 10.0. The Balaban J connectivity index is 1.25. The molecule has 2 aliphatic heterocycles. The van der Waals surface area contributed by atoms with Crippen LogP contribution in [0.4, 0.5) is 5.69 Å². The summed E-state index contributed by atoms with van der Waals surface area (Å²) in [6.45, 7) is 4.20. The van der Waals surface area contributed by atoms with Crippen molar-refractivity contribution in [3.05, 3.63) is 70.6 Å². The van der Waals surface area contributed by atoms with Crippen molar-refractivity contribution in [3.63, 3.8) is 0 Å². The molecule has 0 aliphatic carbocycles. The Morgan fingerprint density at radius 1 is 0.825 bits per heavy atom. The standard InChI is InChI=1S/C32H46N4O4/c37-31(34-35-38)16-10-3-1-4-11-21-33-28-19-17-27(18-20-28)32-39-29(25-36-22-12-5-2-6-13-23-36)24-30(40-32)26-14-8-7-9-15-26/h7-9,14-15,17-20,29-30,32-33H,1-6,10-13,16,21-25H2,(H,34,37,38). The summed E-state index contributed by atoms with van der Waals surface area (Å²) in [7, 11) is 0. The van der Waals surface area contributed by atoms with E-state index in [2.05, 4.69) is 70.1 Å². The van der Waals surface area contributed by atoms with Crippen LogP contribution in [-0.2, 0) is 14.3 Å². The van der Waals surface area contributed by atoms with Crippen molar-refractivity contribution in [1.82, 2.24) is 10.3 Å². The molecular weight excluding hydrogens is 504 g/mol. The Morgan fingerprint density at radius 3 is 2.27 bits per heavy atom. The van der Waals surface area contributed by atoms with Gasteiger partial charge in [0.15, 0.2) is 6.29 Å². The maximum absolute atomic E-state index is 11.2. The van der Waals surface area contributed by atoms with Crippen LogP contribution in [0.2, 0.25) is 0 Å². The van der Waals surface area contributed by atoms with E-state index >= 15 is 0 Å². The van der Waals surface area contributed by atoms with Gasteiger partial charge in [0.2, 0.25) is 5.91 Å². The Kier molecular flexibility index (Phi) is 12.9. The largest absolute Gasteiger partial charge is 0.385 e. The zero-order valence-corrected chi connectivity index (χ0v) is 23.8. The van der Waals surface area contributed by atoms with Crippen molar-refractivity contribution < 1.29 is 14.3 Å². The minimum Gasteiger partial charge on any atom is -0.385 e. The molecule has 2 heterocycles. The zero-order valence-electron chi connectivity index (χ0n) is 23.8. The van der Waals surface area contributed by atoms with Gasteiger partial charge in [-0.05, 0) is 56.5 Å². The van der Waals surface area contributed by atoms with E-state index in [0.29, 0.717) is 6.42 Å². The van der Waals surface area contributed by atoms with Crippen molar-refractivity contribution in [2.45, 2.75) is 95.5 Å². The molecule has 0 radical (unpaired) electrons. The van der Waals surface area contributed by atoms with Gasteiger partial charge in [0.1, 0.15) is 0 Å². The van der Waals surface area contributed by atoms with Crippen LogP contribution in [0.5, 0.6) is 0 Å². The van der Waals surface area contributed by atoms with Crippen LogP contribution in [0.1, 0.15) is 101 Å². The van der Waals surface area contributed by atoms with Gasteiger partial charge in [-0.2, -0.15) is 0 Å². The third-order valence-electron chi connectivity index (χ3n) is 7.93. The highest BCUT2D eigenvalue weighted by Crippen LogP contribution is 2.38. The maximum Gasteiger partial charge on any atom is 0.242 e. The number of amides is 1. The SMILES string of the molecule is O=NNC(=O)CCCCCCCNc1ccc(C2OC(CN3CCCCCCC3)CC(c3ccccc3)O2)cc1. The molecule has 0 aromatic heterocycles. The fourth-order valence-corrected chi connectivity index (χ4v) is 5.69. The summed E-state index contributed by atoms with van der Waals surface area (Å²) in [5.74, 6) is -0.303. The van der Waals surface area contributed by atoms with Gasteiger partial charge in [-0.15, -0.1) is 4.91 Å². The first-order valence-corrected chi connectivity index (χ1v) is 15.2. The van der Waals surface area contributed by atoms with E-state index in [-0.39, 0.29) is 24.4 Å². The van der Waals surface area contributed by atoms with Crippen LogP contribution in [0.25, 0.3) is 0 Å². The highest BCUT2D eigenvalue weighted by Gasteiger charge is 2.33. The number of carbonyl (C=O) groups excluding carboxylic acids is 1. The van der Waals surface area contributed by atoms with Crippen LogP contribution < -0.4 is 10.7 Å². The van der Waals surface area contributed by atoms with Crippen molar-refractivity contribution >= 4 is 11.6 Å². The fourth-order valence-electron chi connectivity index (χ4n) is 5.69. The lowest BCUT2D eigenvalue weighted by molar-refractivity contribution is -0.253. The minimum absolute atomic E-state index is 0.0218. The summed E-state index contributed by atoms with van der Waals surface area (Å²) in [6.07, 6.45) is 12.6. The number of hydrogen-bond acceptors (Lipinski definition) is 7. The van der Waals surface area contributed by atoms with Crippen LogP contribution in [0, 0.1) is 4.91 Å². The lowest BCUT2D eigenvalue weighted by Gasteiger charge is -2.38. The van der Waals surface area contributed by atoms with Crippen molar-refractivity contribution in [2.24, 2.45) is 5.29 Å². The monoisotopic (exact) mass is 550 g/mol. The Bertz CT molecular complexity index is 996. The molecular formula is C32H46N4O4. The summed E-state index contributed by atoms with van der Waals surface area (Å²) in [5.41, 5.74) is 5.30. The third kappa shape index (κ3) is 10.3. The Labute approximate surface area is 239 Å². The van der Waals surface area contributed by atoms with Crippen LogP contribution in [0.15, 0.2) is 59.9 Å². The first kappa shape index (κ1) is 30.2. The summed E-state index contributed by atoms with van der Waals surface area (Å²) in [4.78, 5) is 23.8. The molecule has 3 atom stereocenters. The first-order valence-electron chi connectivity index (χ1n) is 15.2. The highest BCUT2D eigenvalue weighted by molar-refractivity contribution is 5.75. The second-order valence-electron chi connectivity index (χ2n) is 11.1. The van der Waals surface area contributed by atoms with E-state index in [1.807, 2.05) is 5.43 Å². The number of nitrogens with zero attached hydrogens (tertiary/aromatic N) is 2. The quantitative estimate of drug-likeness (QED) is 0.149. The molecule has 2 saturated heterocycles. The van der Waals surface area contributed by atoms with Gasteiger partial charge in [0.25, 0.3) is 0 Å². The van der Waals surface area contributed by atoms with E-state index in [1.165, 1.54) is 37.7 Å². The third-order valence-corrected chi connectivity index (χ3v) is 7.93. The summed E-state index contributed by atoms with van der Waals surface area (Å²) in [6, 6.07) is 19.0. The number of rotatable bonds is 14. The molecule has 1 amide bonds. The highest BCUT2D eigenvalue weighted by atomic mass is 16.7. The smallest absolute Gasteiger partial charge is 0.242 e.